The minimum atomic E-state index is 0.0227. The van der Waals surface area contributed by atoms with Crippen molar-refractivity contribution in [1.29, 1.82) is 0 Å². The molecular formula is C9H14N2. The van der Waals surface area contributed by atoms with Crippen LogP contribution in [0, 0.1) is 13.8 Å². The van der Waals surface area contributed by atoms with Gasteiger partial charge in [0.25, 0.3) is 0 Å². The lowest BCUT2D eigenvalue weighted by Gasteiger charge is -2.06. The molecule has 1 aromatic heterocycles. The molecule has 0 aromatic carbocycles. The lowest BCUT2D eigenvalue weighted by Crippen LogP contribution is -2.18. The Morgan fingerprint density at radius 1 is 1.45 bits per heavy atom. The van der Waals surface area contributed by atoms with Crippen molar-refractivity contribution in [2.24, 2.45) is 5.73 Å². The molecule has 0 bridgehead atoms. The first-order valence-corrected chi connectivity index (χ1v) is 4.07. The van der Waals surface area contributed by atoms with Crippen LogP contribution in [0.5, 0.6) is 0 Å². The molecule has 2 nitrogen and oxygen atoms in total. The summed E-state index contributed by atoms with van der Waals surface area (Å²) < 4.78 is 0. The van der Waals surface area contributed by atoms with E-state index in [4.69, 9.17) is 5.73 Å². The van der Waals surface area contributed by atoms with Crippen molar-refractivity contribution in [1.82, 2.24) is 4.98 Å². The van der Waals surface area contributed by atoms with Crippen LogP contribution in [0.3, 0.4) is 0 Å². The van der Waals surface area contributed by atoms with E-state index in [1.165, 1.54) is 17.0 Å². The fourth-order valence-electron chi connectivity index (χ4n) is 1.65. The number of nitrogens with two attached hydrogens (primary N) is 1. The van der Waals surface area contributed by atoms with Gasteiger partial charge in [-0.1, -0.05) is 0 Å². The molecule has 2 heteroatoms. The summed E-state index contributed by atoms with van der Waals surface area (Å²) in [5.41, 5.74) is 9.85. The second-order valence-corrected chi connectivity index (χ2v) is 3.65. The van der Waals surface area contributed by atoms with Gasteiger partial charge in [0, 0.05) is 16.9 Å². The predicted octanol–water partition coefficient (Wildman–Crippen LogP) is 1.58. The van der Waals surface area contributed by atoms with E-state index < -0.39 is 0 Å². The molecule has 0 aliphatic heterocycles. The normalized spacial score (nSPS) is 20.3. The summed E-state index contributed by atoms with van der Waals surface area (Å²) in [6.07, 6.45) is 2.29. The van der Waals surface area contributed by atoms with E-state index >= 15 is 0 Å². The zero-order chi connectivity index (χ0) is 8.06. The third-order valence-electron chi connectivity index (χ3n) is 2.47. The number of aromatic amines is 1. The SMILES string of the molecule is Cc1cc(C2(N)CC2)c(C)[nH]1. The number of H-pyrrole nitrogens is 1. The molecule has 3 N–H and O–H groups in total. The summed E-state index contributed by atoms with van der Waals surface area (Å²) in [6.45, 7) is 4.16. The molecule has 11 heavy (non-hydrogen) atoms. The molecule has 0 unspecified atom stereocenters. The van der Waals surface area contributed by atoms with Gasteiger partial charge in [0.1, 0.15) is 0 Å². The minimum absolute atomic E-state index is 0.0227. The van der Waals surface area contributed by atoms with Crippen molar-refractivity contribution in [2.45, 2.75) is 32.2 Å². The van der Waals surface area contributed by atoms with Gasteiger partial charge in [0.2, 0.25) is 0 Å². The molecule has 0 saturated heterocycles. The van der Waals surface area contributed by atoms with Crippen molar-refractivity contribution in [3.8, 4) is 0 Å². The van der Waals surface area contributed by atoms with Gasteiger partial charge in [-0.2, -0.15) is 0 Å². The Morgan fingerprint density at radius 2 is 2.09 bits per heavy atom. The van der Waals surface area contributed by atoms with E-state index in [0.717, 1.165) is 12.8 Å². The van der Waals surface area contributed by atoms with E-state index in [-0.39, 0.29) is 5.54 Å². The highest BCUT2D eigenvalue weighted by Crippen LogP contribution is 2.44. The predicted molar refractivity (Wildman–Crippen MR) is 45.4 cm³/mol. The van der Waals surface area contributed by atoms with Gasteiger partial charge in [-0.05, 0) is 38.3 Å². The molecule has 1 heterocycles. The van der Waals surface area contributed by atoms with Crippen LogP contribution < -0.4 is 5.73 Å². The van der Waals surface area contributed by atoms with Crippen molar-refractivity contribution in [3.63, 3.8) is 0 Å². The Morgan fingerprint density at radius 3 is 2.45 bits per heavy atom. The summed E-state index contributed by atoms with van der Waals surface area (Å²) in [5, 5.41) is 0. The van der Waals surface area contributed by atoms with Crippen molar-refractivity contribution >= 4 is 0 Å². The summed E-state index contributed by atoms with van der Waals surface area (Å²) in [5.74, 6) is 0. The third-order valence-corrected chi connectivity index (χ3v) is 2.47. The smallest absolute Gasteiger partial charge is 0.0429 e. The maximum Gasteiger partial charge on any atom is 0.0429 e. The second-order valence-electron chi connectivity index (χ2n) is 3.65. The molecule has 0 amide bonds. The van der Waals surface area contributed by atoms with Gasteiger partial charge in [-0.15, -0.1) is 0 Å². The van der Waals surface area contributed by atoms with E-state index in [0.29, 0.717) is 0 Å². The molecule has 0 radical (unpaired) electrons. The largest absolute Gasteiger partial charge is 0.362 e. The topological polar surface area (TPSA) is 41.8 Å². The van der Waals surface area contributed by atoms with Crippen molar-refractivity contribution in [3.05, 3.63) is 23.0 Å². The van der Waals surface area contributed by atoms with Crippen LogP contribution in [-0.2, 0) is 5.54 Å². The highest BCUT2D eigenvalue weighted by molar-refractivity contribution is 5.35. The van der Waals surface area contributed by atoms with Crippen LogP contribution in [0.4, 0.5) is 0 Å². The van der Waals surface area contributed by atoms with E-state index in [1.807, 2.05) is 0 Å². The highest BCUT2D eigenvalue weighted by Gasteiger charge is 2.41. The third kappa shape index (κ3) is 0.979. The zero-order valence-electron chi connectivity index (χ0n) is 7.07. The minimum Gasteiger partial charge on any atom is -0.362 e. The van der Waals surface area contributed by atoms with Gasteiger partial charge in [0.05, 0.1) is 0 Å². The monoisotopic (exact) mass is 150 g/mol. The van der Waals surface area contributed by atoms with Gasteiger partial charge >= 0.3 is 0 Å². The van der Waals surface area contributed by atoms with Crippen LogP contribution in [0.15, 0.2) is 6.07 Å². The maximum atomic E-state index is 6.06. The average Bonchev–Trinajstić information content (AvgIpc) is 2.55. The number of nitrogens with one attached hydrogen (secondary N) is 1. The van der Waals surface area contributed by atoms with Crippen LogP contribution >= 0.6 is 0 Å². The first-order chi connectivity index (χ1) is 5.12. The van der Waals surface area contributed by atoms with E-state index in [1.54, 1.807) is 0 Å². The molecule has 0 spiro atoms. The average molecular weight is 150 g/mol. The van der Waals surface area contributed by atoms with Crippen molar-refractivity contribution in [2.75, 3.05) is 0 Å². The van der Waals surface area contributed by atoms with E-state index in [9.17, 15) is 0 Å². The fraction of sp³-hybridized carbons (Fsp3) is 0.556. The van der Waals surface area contributed by atoms with Gasteiger partial charge in [-0.25, -0.2) is 0 Å². The fourth-order valence-corrected chi connectivity index (χ4v) is 1.65. The number of aryl methyl sites for hydroxylation is 2. The molecule has 1 aliphatic rings. The van der Waals surface area contributed by atoms with E-state index in [2.05, 4.69) is 24.9 Å². The van der Waals surface area contributed by atoms with Gasteiger partial charge in [-0.3, -0.25) is 0 Å². The van der Waals surface area contributed by atoms with Gasteiger partial charge in [0.15, 0.2) is 0 Å². The summed E-state index contributed by atoms with van der Waals surface area (Å²) in [4.78, 5) is 3.27. The molecule has 1 aromatic rings. The second kappa shape index (κ2) is 1.89. The molecule has 0 atom stereocenters. The van der Waals surface area contributed by atoms with Crippen LogP contribution in [0.1, 0.15) is 29.8 Å². The molecule has 60 valence electrons. The Bertz CT molecular complexity index is 282. The quantitative estimate of drug-likeness (QED) is 0.627. The van der Waals surface area contributed by atoms with Gasteiger partial charge < -0.3 is 10.7 Å². The molecule has 1 saturated carbocycles. The lowest BCUT2D eigenvalue weighted by atomic mass is 10.1. The standard InChI is InChI=1S/C9H14N2/c1-6-5-8(7(2)11-6)9(10)3-4-9/h5,11H,3-4,10H2,1-2H3. The molecule has 1 fully saturated rings. The number of aromatic nitrogens is 1. The highest BCUT2D eigenvalue weighted by atomic mass is 14.8. The van der Waals surface area contributed by atoms with Crippen molar-refractivity contribution < 1.29 is 0 Å². The Labute approximate surface area is 66.8 Å². The maximum absolute atomic E-state index is 6.06. The Balaban J connectivity index is 2.44. The Hall–Kier alpha value is -0.760. The summed E-state index contributed by atoms with van der Waals surface area (Å²) in [6, 6.07) is 2.17. The summed E-state index contributed by atoms with van der Waals surface area (Å²) in [7, 11) is 0. The number of rotatable bonds is 1. The number of hydrogen-bond donors (Lipinski definition) is 2. The van der Waals surface area contributed by atoms with Crippen LogP contribution in [0.25, 0.3) is 0 Å². The zero-order valence-corrected chi connectivity index (χ0v) is 7.07. The molecular weight excluding hydrogens is 136 g/mol. The number of hydrogen-bond acceptors (Lipinski definition) is 1. The summed E-state index contributed by atoms with van der Waals surface area (Å²) >= 11 is 0. The Kier molecular flexibility index (Phi) is 1.19. The lowest BCUT2D eigenvalue weighted by molar-refractivity contribution is 0.734. The van der Waals surface area contributed by atoms with Crippen LogP contribution in [0.2, 0.25) is 0 Å². The molecule has 2 rings (SSSR count). The first kappa shape index (κ1) is 6.92. The van der Waals surface area contributed by atoms with Crippen LogP contribution in [-0.4, -0.2) is 4.98 Å². The first-order valence-electron chi connectivity index (χ1n) is 4.07. The molecule has 1 aliphatic carbocycles.